The van der Waals surface area contributed by atoms with E-state index in [0.717, 1.165) is 5.56 Å². The van der Waals surface area contributed by atoms with Gasteiger partial charge in [-0.25, -0.2) is 0 Å². The Bertz CT molecular complexity index is 371. The fourth-order valence-corrected chi connectivity index (χ4v) is 1.38. The summed E-state index contributed by atoms with van der Waals surface area (Å²) in [6.45, 7) is 0.681. The lowest BCUT2D eigenvalue weighted by atomic mass is 10.1. The summed E-state index contributed by atoms with van der Waals surface area (Å²) >= 11 is 0. The Morgan fingerprint density at radius 1 is 1.33 bits per heavy atom. The van der Waals surface area contributed by atoms with Gasteiger partial charge in [0.1, 0.15) is 0 Å². The number of nitrogens with zero attached hydrogens (tertiary/aromatic N) is 2. The first kappa shape index (κ1) is 11.4. The van der Waals surface area contributed by atoms with E-state index in [4.69, 9.17) is 10.7 Å². The molecule has 15 heavy (non-hydrogen) atoms. The zero-order valence-corrected chi connectivity index (χ0v) is 9.12. The second-order valence-electron chi connectivity index (χ2n) is 3.83. The molecule has 1 aromatic carbocycles. The molecular formula is C12H15N3. The van der Waals surface area contributed by atoms with Crippen molar-refractivity contribution in [1.29, 1.82) is 10.7 Å². The van der Waals surface area contributed by atoms with Crippen molar-refractivity contribution in [1.82, 2.24) is 4.90 Å². The third-order valence-electron chi connectivity index (χ3n) is 2.01. The lowest BCUT2D eigenvalue weighted by molar-refractivity contribution is 0.467. The van der Waals surface area contributed by atoms with Gasteiger partial charge in [-0.3, -0.25) is 0 Å². The summed E-state index contributed by atoms with van der Waals surface area (Å²) in [6.07, 6.45) is 0.657. The van der Waals surface area contributed by atoms with Gasteiger partial charge in [0.25, 0.3) is 0 Å². The normalized spacial score (nSPS) is 10.0. The Hall–Kier alpha value is -1.66. The molecule has 0 aliphatic rings. The predicted octanol–water partition coefficient (Wildman–Crippen LogP) is 1.68. The molecule has 0 spiro atoms. The van der Waals surface area contributed by atoms with Crippen molar-refractivity contribution in [3.8, 4) is 6.07 Å². The molecule has 3 nitrogen and oxygen atoms in total. The van der Waals surface area contributed by atoms with Crippen molar-refractivity contribution in [2.45, 2.75) is 6.42 Å². The molecule has 0 unspecified atom stereocenters. The van der Waals surface area contributed by atoms with Gasteiger partial charge in [-0.15, -0.1) is 0 Å². The number of nitriles is 1. The number of nitrogens with one attached hydrogen (secondary N) is 1. The van der Waals surface area contributed by atoms with Gasteiger partial charge in [0, 0.05) is 18.7 Å². The van der Waals surface area contributed by atoms with Crippen molar-refractivity contribution >= 4 is 5.71 Å². The summed E-state index contributed by atoms with van der Waals surface area (Å²) in [7, 11) is 3.90. The first-order valence-corrected chi connectivity index (χ1v) is 4.82. The minimum atomic E-state index is 0.657. The highest BCUT2D eigenvalue weighted by Gasteiger charge is 2.01. The Kier molecular flexibility index (Phi) is 4.02. The molecule has 0 bridgehead atoms. The van der Waals surface area contributed by atoms with Gasteiger partial charge in [0.2, 0.25) is 0 Å². The number of benzene rings is 1. The molecule has 0 heterocycles. The van der Waals surface area contributed by atoms with E-state index in [1.54, 1.807) is 12.1 Å². The molecule has 0 atom stereocenters. The molecule has 0 saturated carbocycles. The molecule has 1 aromatic rings. The van der Waals surface area contributed by atoms with Gasteiger partial charge in [0.05, 0.1) is 11.6 Å². The van der Waals surface area contributed by atoms with Crippen LogP contribution in [0.25, 0.3) is 0 Å². The largest absolute Gasteiger partial charge is 0.308 e. The van der Waals surface area contributed by atoms with E-state index in [1.807, 2.05) is 31.1 Å². The maximum atomic E-state index is 8.63. The van der Waals surface area contributed by atoms with Crippen LogP contribution in [0.4, 0.5) is 0 Å². The highest BCUT2D eigenvalue weighted by molar-refractivity contribution is 5.85. The van der Waals surface area contributed by atoms with Crippen molar-refractivity contribution in [3.05, 3.63) is 35.4 Å². The summed E-state index contributed by atoms with van der Waals surface area (Å²) in [6, 6.07) is 9.47. The Morgan fingerprint density at radius 2 is 1.93 bits per heavy atom. The van der Waals surface area contributed by atoms with Gasteiger partial charge in [-0.2, -0.15) is 5.26 Å². The second-order valence-corrected chi connectivity index (χ2v) is 3.83. The van der Waals surface area contributed by atoms with Crippen LogP contribution in [-0.4, -0.2) is 31.3 Å². The topological polar surface area (TPSA) is 50.9 Å². The molecular weight excluding hydrogens is 186 g/mol. The minimum Gasteiger partial charge on any atom is -0.308 e. The zero-order valence-electron chi connectivity index (χ0n) is 9.12. The molecule has 0 aliphatic carbocycles. The molecule has 1 rings (SSSR count). The van der Waals surface area contributed by atoms with E-state index < -0.39 is 0 Å². The summed E-state index contributed by atoms with van der Waals surface area (Å²) in [5, 5.41) is 16.4. The zero-order chi connectivity index (χ0) is 11.3. The average Bonchev–Trinajstić information content (AvgIpc) is 2.17. The van der Waals surface area contributed by atoms with E-state index in [9.17, 15) is 0 Å². The third kappa shape index (κ3) is 3.92. The summed E-state index contributed by atoms with van der Waals surface area (Å²) < 4.78 is 0. The van der Waals surface area contributed by atoms with Crippen LogP contribution in [0.2, 0.25) is 0 Å². The lowest BCUT2D eigenvalue weighted by Gasteiger charge is -2.10. The van der Waals surface area contributed by atoms with Crippen molar-refractivity contribution in [2.24, 2.45) is 0 Å². The van der Waals surface area contributed by atoms with Crippen LogP contribution in [-0.2, 0) is 6.42 Å². The molecule has 78 valence electrons. The van der Waals surface area contributed by atoms with Crippen LogP contribution >= 0.6 is 0 Å². The molecule has 0 amide bonds. The highest BCUT2D eigenvalue weighted by atomic mass is 15.1. The molecule has 0 aromatic heterocycles. The average molecular weight is 201 g/mol. The monoisotopic (exact) mass is 201 g/mol. The predicted molar refractivity (Wildman–Crippen MR) is 61.1 cm³/mol. The number of hydrogen-bond donors (Lipinski definition) is 1. The van der Waals surface area contributed by atoms with E-state index >= 15 is 0 Å². The van der Waals surface area contributed by atoms with Crippen LogP contribution in [0.3, 0.4) is 0 Å². The summed E-state index contributed by atoms with van der Waals surface area (Å²) in [5.41, 5.74) is 2.43. The van der Waals surface area contributed by atoms with Crippen LogP contribution in [0.5, 0.6) is 0 Å². The van der Waals surface area contributed by atoms with Crippen molar-refractivity contribution in [3.63, 3.8) is 0 Å². The molecule has 3 heteroatoms. The van der Waals surface area contributed by atoms with Crippen LogP contribution in [0.1, 0.15) is 11.1 Å². The van der Waals surface area contributed by atoms with Gasteiger partial charge < -0.3 is 10.3 Å². The summed E-state index contributed by atoms with van der Waals surface area (Å²) in [4.78, 5) is 1.98. The van der Waals surface area contributed by atoms with Crippen molar-refractivity contribution < 1.29 is 0 Å². The van der Waals surface area contributed by atoms with Crippen LogP contribution in [0, 0.1) is 16.7 Å². The number of hydrogen-bond acceptors (Lipinski definition) is 3. The van der Waals surface area contributed by atoms with Gasteiger partial charge in [-0.05, 0) is 31.8 Å². The maximum absolute atomic E-state index is 8.63. The fraction of sp³-hybridized carbons (Fsp3) is 0.333. The standard InChI is InChI=1S/C12H15N3/c1-15(2)9-12(14)7-10-3-5-11(8-13)6-4-10/h3-6,14H,7,9H2,1-2H3. The molecule has 0 fully saturated rings. The third-order valence-corrected chi connectivity index (χ3v) is 2.01. The fourth-order valence-electron chi connectivity index (χ4n) is 1.38. The first-order valence-electron chi connectivity index (χ1n) is 4.82. The van der Waals surface area contributed by atoms with Gasteiger partial charge >= 0.3 is 0 Å². The Balaban J connectivity index is 2.58. The Morgan fingerprint density at radius 3 is 2.40 bits per heavy atom. The molecule has 0 saturated heterocycles. The lowest BCUT2D eigenvalue weighted by Crippen LogP contribution is -2.22. The second kappa shape index (κ2) is 5.28. The molecule has 0 aliphatic heterocycles. The smallest absolute Gasteiger partial charge is 0.0991 e. The maximum Gasteiger partial charge on any atom is 0.0991 e. The van der Waals surface area contributed by atoms with Gasteiger partial charge in [0.15, 0.2) is 0 Å². The minimum absolute atomic E-state index is 0.657. The van der Waals surface area contributed by atoms with Crippen LogP contribution < -0.4 is 0 Å². The first-order chi connectivity index (χ1) is 7.11. The highest BCUT2D eigenvalue weighted by Crippen LogP contribution is 2.04. The van der Waals surface area contributed by atoms with E-state index in [0.29, 0.717) is 24.2 Å². The summed E-state index contributed by atoms with van der Waals surface area (Å²) in [5.74, 6) is 0. The van der Waals surface area contributed by atoms with E-state index in [1.165, 1.54) is 0 Å². The molecule has 1 N–H and O–H groups in total. The SMILES string of the molecule is CN(C)CC(=N)Cc1ccc(C#N)cc1. The molecule has 0 radical (unpaired) electrons. The van der Waals surface area contributed by atoms with Gasteiger partial charge in [-0.1, -0.05) is 12.1 Å². The van der Waals surface area contributed by atoms with E-state index in [2.05, 4.69) is 6.07 Å². The van der Waals surface area contributed by atoms with Crippen molar-refractivity contribution in [2.75, 3.05) is 20.6 Å². The van der Waals surface area contributed by atoms with Crippen LogP contribution in [0.15, 0.2) is 24.3 Å². The quantitative estimate of drug-likeness (QED) is 0.753. The Labute approximate surface area is 90.5 Å². The number of rotatable bonds is 4. The van der Waals surface area contributed by atoms with E-state index in [-0.39, 0.29) is 0 Å².